The number of hydrogen-bond donors (Lipinski definition) is 0. The highest BCUT2D eigenvalue weighted by molar-refractivity contribution is 7.81. The van der Waals surface area contributed by atoms with Crippen molar-refractivity contribution in [2.24, 2.45) is 0 Å². The summed E-state index contributed by atoms with van der Waals surface area (Å²) in [5.74, 6) is 0. The van der Waals surface area contributed by atoms with Crippen LogP contribution in [0.1, 0.15) is 297 Å². The Bertz CT molecular complexity index is 726. The lowest BCUT2D eigenvalue weighted by atomic mass is 10.0. The third-order valence-corrected chi connectivity index (χ3v) is 12.5. The fourth-order valence-electron chi connectivity index (χ4n) is 7.92. The van der Waals surface area contributed by atoms with Crippen molar-refractivity contribution in [3.05, 3.63) is 0 Å². The molecule has 0 N–H and O–H groups in total. The van der Waals surface area contributed by atoms with E-state index in [1.54, 1.807) is 0 Å². The van der Waals surface area contributed by atoms with Crippen molar-refractivity contribution in [3.63, 3.8) is 0 Å². The Hall–Kier alpha value is -0.130. The SMILES string of the molecule is CCCCCCCCCCCCC(CCCCCCCCCCC)OS(=O)(=O)OC(CCCCCCCCCCC)CCCCCCCCCCCC. The van der Waals surface area contributed by atoms with Gasteiger partial charge in [-0.05, 0) is 25.7 Å². The molecule has 53 heavy (non-hydrogen) atoms. The van der Waals surface area contributed by atoms with E-state index in [1.807, 2.05) is 0 Å². The zero-order chi connectivity index (χ0) is 38.8. The summed E-state index contributed by atoms with van der Waals surface area (Å²) in [6.07, 6.45) is 51.6. The van der Waals surface area contributed by atoms with Gasteiger partial charge in [-0.1, -0.05) is 272 Å². The molecule has 0 amide bonds. The highest BCUT2D eigenvalue weighted by atomic mass is 32.3. The summed E-state index contributed by atoms with van der Waals surface area (Å²) in [6, 6.07) is 0. The van der Waals surface area contributed by atoms with Gasteiger partial charge in [0.25, 0.3) is 0 Å². The van der Waals surface area contributed by atoms with Crippen LogP contribution in [0.3, 0.4) is 0 Å². The minimum absolute atomic E-state index is 0.246. The summed E-state index contributed by atoms with van der Waals surface area (Å²) < 4.78 is 38.9. The van der Waals surface area contributed by atoms with Crippen LogP contribution in [0.4, 0.5) is 0 Å². The topological polar surface area (TPSA) is 52.6 Å². The van der Waals surface area contributed by atoms with Gasteiger partial charge in [0.15, 0.2) is 0 Å². The minimum atomic E-state index is -4.03. The number of hydrogen-bond acceptors (Lipinski definition) is 4. The minimum Gasteiger partial charge on any atom is -0.245 e. The van der Waals surface area contributed by atoms with Crippen molar-refractivity contribution in [1.82, 2.24) is 0 Å². The molecule has 0 saturated carbocycles. The molecule has 0 aliphatic rings. The summed E-state index contributed by atoms with van der Waals surface area (Å²) in [5.41, 5.74) is 0. The van der Waals surface area contributed by atoms with Crippen molar-refractivity contribution in [2.75, 3.05) is 0 Å². The third-order valence-electron chi connectivity index (χ3n) is 11.5. The van der Waals surface area contributed by atoms with Crippen LogP contribution < -0.4 is 0 Å². The lowest BCUT2D eigenvalue weighted by molar-refractivity contribution is 0.101. The molecule has 4 nitrogen and oxygen atoms in total. The van der Waals surface area contributed by atoms with Gasteiger partial charge in [-0.25, -0.2) is 8.37 Å². The lowest BCUT2D eigenvalue weighted by Crippen LogP contribution is -2.25. The molecule has 0 radical (unpaired) electrons. The molecular weight excluding hydrogens is 673 g/mol. The van der Waals surface area contributed by atoms with Crippen molar-refractivity contribution >= 4 is 10.4 Å². The Morgan fingerprint density at radius 2 is 0.415 bits per heavy atom. The third kappa shape index (κ3) is 41.3. The predicted octanol–water partition coefficient (Wildman–Crippen LogP) is 17.5. The van der Waals surface area contributed by atoms with E-state index in [-0.39, 0.29) is 12.2 Å². The Morgan fingerprint density at radius 3 is 0.585 bits per heavy atom. The second-order valence-corrected chi connectivity index (χ2v) is 18.2. The average molecular weight is 771 g/mol. The van der Waals surface area contributed by atoms with E-state index in [0.29, 0.717) is 0 Å². The van der Waals surface area contributed by atoms with Crippen LogP contribution in [0, 0.1) is 0 Å². The van der Waals surface area contributed by atoms with Crippen LogP contribution in [0.15, 0.2) is 0 Å². The van der Waals surface area contributed by atoms with Crippen LogP contribution >= 0.6 is 0 Å². The van der Waals surface area contributed by atoms with E-state index in [0.717, 1.165) is 51.4 Å². The van der Waals surface area contributed by atoms with Crippen LogP contribution in [-0.4, -0.2) is 20.6 Å². The standard InChI is InChI=1S/C48H98O4S/c1-5-9-13-17-21-25-29-33-37-41-45-47(43-39-35-31-27-23-19-15-11-7-3)51-53(49,50)52-48(44-40-36-32-28-24-20-16-12-8-4)46-42-38-34-30-26-22-18-14-10-6-2/h47-48H,5-46H2,1-4H3. The van der Waals surface area contributed by atoms with Gasteiger partial charge >= 0.3 is 10.4 Å². The Morgan fingerprint density at radius 1 is 0.264 bits per heavy atom. The summed E-state index contributed by atoms with van der Waals surface area (Å²) in [6.45, 7) is 9.10. The fourth-order valence-corrected chi connectivity index (χ4v) is 9.02. The molecule has 2 atom stereocenters. The average Bonchev–Trinajstić information content (AvgIpc) is 3.14. The fraction of sp³-hybridized carbons (Fsp3) is 1.00. The zero-order valence-corrected chi connectivity index (χ0v) is 37.7. The molecule has 0 aliphatic heterocycles. The molecule has 0 bridgehead atoms. The van der Waals surface area contributed by atoms with Gasteiger partial charge in [0.1, 0.15) is 0 Å². The van der Waals surface area contributed by atoms with Crippen LogP contribution in [0.2, 0.25) is 0 Å². The van der Waals surface area contributed by atoms with Gasteiger partial charge in [-0.2, -0.15) is 8.42 Å². The first-order valence-electron chi connectivity index (χ1n) is 24.6. The number of unbranched alkanes of at least 4 members (excludes halogenated alkanes) is 34. The zero-order valence-electron chi connectivity index (χ0n) is 36.9. The van der Waals surface area contributed by atoms with E-state index in [1.165, 1.54) is 218 Å². The van der Waals surface area contributed by atoms with Gasteiger partial charge in [0.05, 0.1) is 12.2 Å². The molecule has 0 aliphatic carbocycles. The molecule has 0 spiro atoms. The van der Waals surface area contributed by atoms with E-state index in [4.69, 9.17) is 8.37 Å². The summed E-state index contributed by atoms with van der Waals surface area (Å²) in [7, 11) is -4.03. The summed E-state index contributed by atoms with van der Waals surface area (Å²) in [5, 5.41) is 0. The largest absolute Gasteiger partial charge is 0.400 e. The van der Waals surface area contributed by atoms with E-state index >= 15 is 0 Å². The van der Waals surface area contributed by atoms with E-state index in [2.05, 4.69) is 27.7 Å². The molecule has 0 aromatic heterocycles. The molecule has 2 unspecified atom stereocenters. The highest BCUT2D eigenvalue weighted by Crippen LogP contribution is 2.24. The van der Waals surface area contributed by atoms with Gasteiger partial charge < -0.3 is 0 Å². The Balaban J connectivity index is 4.95. The first kappa shape index (κ1) is 52.9. The van der Waals surface area contributed by atoms with E-state index < -0.39 is 10.4 Å². The maximum absolute atomic E-state index is 13.5. The van der Waals surface area contributed by atoms with Crippen LogP contribution in [0.25, 0.3) is 0 Å². The van der Waals surface area contributed by atoms with Gasteiger partial charge in [-0.3, -0.25) is 0 Å². The predicted molar refractivity (Wildman–Crippen MR) is 235 cm³/mol. The first-order valence-corrected chi connectivity index (χ1v) is 25.9. The second-order valence-electron chi connectivity index (χ2n) is 17.0. The van der Waals surface area contributed by atoms with Crippen molar-refractivity contribution in [3.8, 4) is 0 Å². The Labute approximate surface area is 335 Å². The number of rotatable bonds is 46. The summed E-state index contributed by atoms with van der Waals surface area (Å²) >= 11 is 0. The molecule has 5 heteroatoms. The highest BCUT2D eigenvalue weighted by Gasteiger charge is 2.24. The van der Waals surface area contributed by atoms with Crippen LogP contribution in [-0.2, 0) is 18.8 Å². The molecule has 0 heterocycles. The van der Waals surface area contributed by atoms with Gasteiger partial charge in [-0.15, -0.1) is 0 Å². The normalized spacial score (nSPS) is 13.2. The molecule has 0 saturated heterocycles. The van der Waals surface area contributed by atoms with E-state index in [9.17, 15) is 8.42 Å². The molecule has 0 fully saturated rings. The second kappa shape index (κ2) is 43.0. The van der Waals surface area contributed by atoms with Gasteiger partial charge in [0.2, 0.25) is 0 Å². The lowest BCUT2D eigenvalue weighted by Gasteiger charge is -2.21. The maximum atomic E-state index is 13.5. The molecule has 320 valence electrons. The molecule has 0 aromatic rings. The van der Waals surface area contributed by atoms with Crippen molar-refractivity contribution < 1.29 is 16.8 Å². The van der Waals surface area contributed by atoms with Crippen molar-refractivity contribution in [2.45, 2.75) is 310 Å². The smallest absolute Gasteiger partial charge is 0.245 e. The molecule has 0 rings (SSSR count). The summed E-state index contributed by atoms with van der Waals surface area (Å²) in [4.78, 5) is 0. The van der Waals surface area contributed by atoms with Gasteiger partial charge in [0, 0.05) is 0 Å². The molecular formula is C48H98O4S. The van der Waals surface area contributed by atoms with Crippen LogP contribution in [0.5, 0.6) is 0 Å². The monoisotopic (exact) mass is 771 g/mol. The maximum Gasteiger partial charge on any atom is 0.400 e. The van der Waals surface area contributed by atoms with Crippen molar-refractivity contribution in [1.29, 1.82) is 0 Å². The molecule has 0 aromatic carbocycles. The Kier molecular flexibility index (Phi) is 42.9. The quantitative estimate of drug-likeness (QED) is 0.0579. The first-order chi connectivity index (χ1) is 26.0.